The van der Waals surface area contributed by atoms with E-state index in [9.17, 15) is 4.79 Å². The van der Waals surface area contributed by atoms with E-state index in [1.54, 1.807) is 0 Å². The molecule has 1 unspecified atom stereocenters. The van der Waals surface area contributed by atoms with Crippen LogP contribution in [0.2, 0.25) is 0 Å². The van der Waals surface area contributed by atoms with Crippen LogP contribution in [-0.4, -0.2) is 35.1 Å². The Morgan fingerprint density at radius 3 is 2.43 bits per heavy atom. The summed E-state index contributed by atoms with van der Waals surface area (Å²) in [6, 6.07) is 12.2. The van der Waals surface area contributed by atoms with Crippen LogP contribution < -0.4 is 10.6 Å². The topological polar surface area (TPSA) is 44.4 Å². The third-order valence-electron chi connectivity index (χ3n) is 5.26. The van der Waals surface area contributed by atoms with Crippen molar-refractivity contribution >= 4 is 6.03 Å². The monoisotopic (exact) mass is 315 g/mol. The Morgan fingerprint density at radius 2 is 1.83 bits per heavy atom. The van der Waals surface area contributed by atoms with Crippen molar-refractivity contribution < 1.29 is 4.79 Å². The van der Waals surface area contributed by atoms with Gasteiger partial charge in [-0.1, -0.05) is 36.8 Å². The summed E-state index contributed by atoms with van der Waals surface area (Å²) in [5.74, 6) is 0. The summed E-state index contributed by atoms with van der Waals surface area (Å²) in [5.41, 5.74) is 1.13. The molecule has 2 saturated heterocycles. The minimum absolute atomic E-state index is 0.0325. The molecule has 3 rings (SSSR count). The maximum absolute atomic E-state index is 12.2. The highest BCUT2D eigenvalue weighted by Crippen LogP contribution is 2.35. The first-order valence-electron chi connectivity index (χ1n) is 8.99. The normalized spacial score (nSPS) is 27.7. The van der Waals surface area contributed by atoms with Gasteiger partial charge >= 0.3 is 6.03 Å². The largest absolute Gasteiger partial charge is 0.335 e. The maximum Gasteiger partial charge on any atom is 0.315 e. The number of hydrogen-bond donors (Lipinski definition) is 2. The Hall–Kier alpha value is -1.55. The van der Waals surface area contributed by atoms with Crippen LogP contribution in [0.3, 0.4) is 0 Å². The molecule has 0 spiro atoms. The SMILES string of the molecule is CC(C)N1[C@@H]2CCC[C@H]1CC(NC(=O)NCc1ccccc1)C2. The average Bonchev–Trinajstić information content (AvgIpc) is 2.53. The van der Waals surface area contributed by atoms with Gasteiger partial charge in [0.15, 0.2) is 0 Å². The maximum atomic E-state index is 12.2. The van der Waals surface area contributed by atoms with Crippen LogP contribution in [0.1, 0.15) is 51.5 Å². The van der Waals surface area contributed by atoms with Gasteiger partial charge in [0, 0.05) is 30.7 Å². The molecule has 2 heterocycles. The molecule has 4 heteroatoms. The van der Waals surface area contributed by atoms with Crippen molar-refractivity contribution in [3.8, 4) is 0 Å². The van der Waals surface area contributed by atoms with E-state index in [1.165, 1.54) is 19.3 Å². The van der Waals surface area contributed by atoms with Crippen LogP contribution in [0.4, 0.5) is 4.79 Å². The number of piperidine rings is 2. The van der Waals surface area contributed by atoms with Gasteiger partial charge in [-0.25, -0.2) is 4.79 Å². The molecule has 3 atom stereocenters. The Labute approximate surface area is 139 Å². The van der Waals surface area contributed by atoms with Crippen molar-refractivity contribution in [3.63, 3.8) is 0 Å². The second-order valence-electron chi connectivity index (χ2n) is 7.26. The quantitative estimate of drug-likeness (QED) is 0.895. The van der Waals surface area contributed by atoms with E-state index in [0.717, 1.165) is 18.4 Å². The lowest BCUT2D eigenvalue weighted by Crippen LogP contribution is -2.59. The molecular formula is C19H29N3O. The van der Waals surface area contributed by atoms with Crippen LogP contribution in [0.25, 0.3) is 0 Å². The summed E-state index contributed by atoms with van der Waals surface area (Å²) in [7, 11) is 0. The van der Waals surface area contributed by atoms with Gasteiger partial charge in [0.25, 0.3) is 0 Å². The summed E-state index contributed by atoms with van der Waals surface area (Å²) < 4.78 is 0. The molecule has 2 N–H and O–H groups in total. The minimum Gasteiger partial charge on any atom is -0.335 e. The molecule has 2 bridgehead atoms. The van der Waals surface area contributed by atoms with E-state index in [-0.39, 0.29) is 6.03 Å². The lowest BCUT2D eigenvalue weighted by Gasteiger charge is -2.51. The highest BCUT2D eigenvalue weighted by Gasteiger charge is 2.39. The van der Waals surface area contributed by atoms with Crippen molar-refractivity contribution in [2.75, 3.05) is 0 Å². The summed E-state index contributed by atoms with van der Waals surface area (Å²) in [6.07, 6.45) is 6.07. The summed E-state index contributed by atoms with van der Waals surface area (Å²) in [6.45, 7) is 5.18. The van der Waals surface area contributed by atoms with Crippen molar-refractivity contribution in [1.82, 2.24) is 15.5 Å². The number of amides is 2. The van der Waals surface area contributed by atoms with E-state index < -0.39 is 0 Å². The van der Waals surface area contributed by atoms with Crippen molar-refractivity contribution in [1.29, 1.82) is 0 Å². The van der Waals surface area contributed by atoms with Gasteiger partial charge in [0.1, 0.15) is 0 Å². The fraction of sp³-hybridized carbons (Fsp3) is 0.632. The highest BCUT2D eigenvalue weighted by molar-refractivity contribution is 5.74. The molecule has 2 aliphatic heterocycles. The minimum atomic E-state index is -0.0325. The Balaban J connectivity index is 1.50. The lowest BCUT2D eigenvalue weighted by molar-refractivity contribution is 0.00207. The molecule has 23 heavy (non-hydrogen) atoms. The predicted molar refractivity (Wildman–Crippen MR) is 93.2 cm³/mol. The summed E-state index contributed by atoms with van der Waals surface area (Å²) in [5, 5.41) is 6.18. The molecule has 2 fully saturated rings. The standard InChI is InChI=1S/C19H29N3O/c1-14(2)22-17-9-6-10-18(22)12-16(11-17)21-19(23)20-13-15-7-4-3-5-8-15/h3-5,7-8,14,16-18H,6,9-13H2,1-2H3,(H2,20,21,23)/t16?,17-,18+. The number of benzene rings is 1. The van der Waals surface area contributed by atoms with Crippen LogP contribution in [0.15, 0.2) is 30.3 Å². The molecule has 2 aliphatic rings. The third kappa shape index (κ3) is 4.05. The van der Waals surface area contributed by atoms with Crippen molar-refractivity contribution in [2.24, 2.45) is 0 Å². The van der Waals surface area contributed by atoms with E-state index >= 15 is 0 Å². The molecule has 2 amide bonds. The first kappa shape index (κ1) is 16.3. The van der Waals surface area contributed by atoms with Crippen LogP contribution >= 0.6 is 0 Å². The smallest absolute Gasteiger partial charge is 0.315 e. The second kappa shape index (κ2) is 7.35. The molecule has 0 saturated carbocycles. The Kier molecular flexibility index (Phi) is 5.21. The molecule has 0 aliphatic carbocycles. The van der Waals surface area contributed by atoms with E-state index in [0.29, 0.717) is 30.7 Å². The fourth-order valence-electron chi connectivity index (χ4n) is 4.39. The third-order valence-corrected chi connectivity index (χ3v) is 5.26. The number of urea groups is 1. The zero-order chi connectivity index (χ0) is 16.2. The first-order valence-corrected chi connectivity index (χ1v) is 8.99. The Morgan fingerprint density at radius 1 is 1.17 bits per heavy atom. The summed E-state index contributed by atoms with van der Waals surface area (Å²) >= 11 is 0. The van der Waals surface area contributed by atoms with Crippen molar-refractivity contribution in [3.05, 3.63) is 35.9 Å². The first-order chi connectivity index (χ1) is 11.1. The molecule has 126 valence electrons. The zero-order valence-electron chi connectivity index (χ0n) is 14.3. The number of nitrogens with zero attached hydrogens (tertiary/aromatic N) is 1. The highest BCUT2D eigenvalue weighted by atomic mass is 16.2. The lowest BCUT2D eigenvalue weighted by atomic mass is 9.81. The van der Waals surface area contributed by atoms with Gasteiger partial charge in [0.05, 0.1) is 0 Å². The molecular weight excluding hydrogens is 286 g/mol. The van der Waals surface area contributed by atoms with Gasteiger partial charge < -0.3 is 10.6 Å². The number of hydrogen-bond acceptors (Lipinski definition) is 2. The average molecular weight is 315 g/mol. The fourth-order valence-corrected chi connectivity index (χ4v) is 4.39. The molecule has 0 aromatic heterocycles. The van der Waals surface area contributed by atoms with Crippen LogP contribution in [0.5, 0.6) is 0 Å². The van der Waals surface area contributed by atoms with Gasteiger partial charge in [0.2, 0.25) is 0 Å². The summed E-state index contributed by atoms with van der Waals surface area (Å²) in [4.78, 5) is 14.9. The number of fused-ring (bicyclic) bond motifs is 2. The number of nitrogens with one attached hydrogen (secondary N) is 2. The molecule has 0 radical (unpaired) electrons. The molecule has 1 aromatic carbocycles. The van der Waals surface area contributed by atoms with E-state index in [1.807, 2.05) is 30.3 Å². The molecule has 1 aromatic rings. The van der Waals surface area contributed by atoms with E-state index in [4.69, 9.17) is 0 Å². The molecule has 4 nitrogen and oxygen atoms in total. The number of rotatable bonds is 4. The van der Waals surface area contributed by atoms with Gasteiger partial charge in [-0.3, -0.25) is 4.90 Å². The second-order valence-corrected chi connectivity index (χ2v) is 7.26. The van der Waals surface area contributed by atoms with E-state index in [2.05, 4.69) is 29.4 Å². The van der Waals surface area contributed by atoms with Gasteiger partial charge in [-0.2, -0.15) is 0 Å². The van der Waals surface area contributed by atoms with Crippen LogP contribution in [-0.2, 0) is 6.54 Å². The predicted octanol–water partition coefficient (Wildman–Crippen LogP) is 3.28. The van der Waals surface area contributed by atoms with Crippen molar-refractivity contribution in [2.45, 2.75) is 76.7 Å². The number of carbonyl (C=O) groups excluding carboxylic acids is 1. The van der Waals surface area contributed by atoms with Gasteiger partial charge in [-0.15, -0.1) is 0 Å². The van der Waals surface area contributed by atoms with Gasteiger partial charge in [-0.05, 0) is 45.1 Å². The Bertz CT molecular complexity index is 503. The number of carbonyl (C=O) groups is 1. The zero-order valence-corrected chi connectivity index (χ0v) is 14.3. The van der Waals surface area contributed by atoms with Crippen LogP contribution in [0, 0.1) is 0 Å².